The van der Waals surface area contributed by atoms with Crippen molar-refractivity contribution < 1.29 is 13.2 Å². The van der Waals surface area contributed by atoms with Gasteiger partial charge >= 0.3 is 0 Å². The second kappa shape index (κ2) is 10.4. The van der Waals surface area contributed by atoms with Gasteiger partial charge in [0, 0.05) is 57.3 Å². The molecule has 2 aliphatic heterocycles. The molecule has 1 N–H and O–H groups in total. The van der Waals surface area contributed by atoms with Crippen molar-refractivity contribution in [2.24, 2.45) is 0 Å². The second-order valence-electron chi connectivity index (χ2n) is 9.15. The van der Waals surface area contributed by atoms with Crippen LogP contribution in [-0.4, -0.2) is 83.6 Å². The molecule has 2 fully saturated rings. The van der Waals surface area contributed by atoms with Gasteiger partial charge in [0.15, 0.2) is 0 Å². The summed E-state index contributed by atoms with van der Waals surface area (Å²) in [5.74, 6) is 1.32. The first kappa shape index (κ1) is 25.1. The molecule has 3 aromatic rings. The van der Waals surface area contributed by atoms with Crippen molar-refractivity contribution >= 4 is 33.3 Å². The Balaban J connectivity index is 1.36. The number of hydrogen-bond acceptors (Lipinski definition) is 8. The fraction of sp³-hybridized carbons (Fsp3) is 0.458. The van der Waals surface area contributed by atoms with Gasteiger partial charge < -0.3 is 19.5 Å². The van der Waals surface area contributed by atoms with Crippen LogP contribution in [-0.2, 0) is 14.8 Å². The highest BCUT2D eigenvalue weighted by Gasteiger charge is 2.29. The molecule has 4 heterocycles. The minimum atomic E-state index is -3.66. The Bertz CT molecular complexity index is 1330. The molecule has 0 aliphatic carbocycles. The Kier molecular flexibility index (Phi) is 7.27. The summed E-state index contributed by atoms with van der Waals surface area (Å²) in [5.41, 5.74) is 2.28. The topological polar surface area (TPSA) is 105 Å². The average Bonchev–Trinajstić information content (AvgIpc) is 3.26. The number of benzene rings is 1. The number of anilines is 2. The minimum Gasteiger partial charge on any atom is -0.381 e. The molecule has 2 aliphatic rings. The minimum absolute atomic E-state index is 0.102. The summed E-state index contributed by atoms with van der Waals surface area (Å²) in [7, 11) is -1.68. The Morgan fingerprint density at radius 3 is 2.56 bits per heavy atom. The largest absolute Gasteiger partial charge is 0.381 e. The van der Waals surface area contributed by atoms with E-state index in [1.54, 1.807) is 18.3 Å². The zero-order valence-electron chi connectivity index (χ0n) is 20.4. The third kappa shape index (κ3) is 5.12. The van der Waals surface area contributed by atoms with Crippen molar-refractivity contribution in [3.8, 4) is 11.4 Å². The first-order valence-electron chi connectivity index (χ1n) is 12.0. The van der Waals surface area contributed by atoms with Crippen LogP contribution in [0.4, 0.5) is 11.6 Å². The Morgan fingerprint density at radius 2 is 1.83 bits per heavy atom. The van der Waals surface area contributed by atoms with Gasteiger partial charge in [-0.3, -0.25) is 0 Å². The van der Waals surface area contributed by atoms with Gasteiger partial charge in [-0.1, -0.05) is 11.6 Å². The lowest BCUT2D eigenvalue weighted by Crippen LogP contribution is -2.47. The van der Waals surface area contributed by atoms with E-state index in [4.69, 9.17) is 21.3 Å². The number of nitrogens with zero attached hydrogens (tertiary/aromatic N) is 6. The fourth-order valence-electron chi connectivity index (χ4n) is 4.69. The van der Waals surface area contributed by atoms with Crippen LogP contribution in [0.1, 0.15) is 24.7 Å². The molecule has 0 bridgehead atoms. The number of halogens is 1. The summed E-state index contributed by atoms with van der Waals surface area (Å²) in [6.45, 7) is 5.74. The van der Waals surface area contributed by atoms with Crippen molar-refractivity contribution in [2.45, 2.75) is 30.7 Å². The molecule has 0 unspecified atom stereocenters. The summed E-state index contributed by atoms with van der Waals surface area (Å²) in [5, 5.41) is 3.31. The summed E-state index contributed by atoms with van der Waals surface area (Å²) in [6.07, 6.45) is 5.39. The van der Waals surface area contributed by atoms with Crippen molar-refractivity contribution in [3.05, 3.63) is 47.5 Å². The predicted octanol–water partition coefficient (Wildman–Crippen LogP) is 3.33. The van der Waals surface area contributed by atoms with Crippen LogP contribution in [0.2, 0.25) is 5.02 Å². The van der Waals surface area contributed by atoms with E-state index in [1.807, 2.05) is 26.2 Å². The molecule has 0 saturated carbocycles. The molecular formula is C24H30ClN7O3S. The van der Waals surface area contributed by atoms with Gasteiger partial charge in [-0.25, -0.2) is 23.4 Å². The molecule has 10 nitrogen and oxygen atoms in total. The van der Waals surface area contributed by atoms with E-state index in [0.717, 1.165) is 43.3 Å². The van der Waals surface area contributed by atoms with Gasteiger partial charge in [-0.15, -0.1) is 0 Å². The lowest BCUT2D eigenvalue weighted by molar-refractivity contribution is 0.0694. The number of hydrogen-bond donors (Lipinski definition) is 1. The highest BCUT2D eigenvalue weighted by Crippen LogP contribution is 2.31. The molecule has 5 rings (SSSR count). The SMILES string of the molecule is Cc1ncc(-c2ccnc(Nc3ccc(S(=O)(=O)N4CCN(C)CC4)c(Cl)c3)n2)n1C1CCOCC1. The van der Waals surface area contributed by atoms with E-state index in [0.29, 0.717) is 43.9 Å². The zero-order chi connectivity index (χ0) is 25.3. The maximum atomic E-state index is 13.1. The van der Waals surface area contributed by atoms with Gasteiger partial charge in [0.2, 0.25) is 16.0 Å². The molecule has 36 heavy (non-hydrogen) atoms. The van der Waals surface area contributed by atoms with Crippen molar-refractivity contribution in [1.29, 1.82) is 0 Å². The maximum Gasteiger partial charge on any atom is 0.244 e. The van der Waals surface area contributed by atoms with Crippen molar-refractivity contribution in [1.82, 2.24) is 28.7 Å². The van der Waals surface area contributed by atoms with Crippen LogP contribution in [0, 0.1) is 6.92 Å². The molecule has 0 radical (unpaired) electrons. The summed E-state index contributed by atoms with van der Waals surface area (Å²) < 4.78 is 35.5. The number of aryl methyl sites for hydroxylation is 1. The van der Waals surface area contributed by atoms with E-state index >= 15 is 0 Å². The zero-order valence-corrected chi connectivity index (χ0v) is 22.0. The van der Waals surface area contributed by atoms with Crippen LogP contribution in [0.25, 0.3) is 11.4 Å². The quantitative estimate of drug-likeness (QED) is 0.516. The number of nitrogens with one attached hydrogen (secondary N) is 1. The molecule has 2 aromatic heterocycles. The van der Waals surface area contributed by atoms with Crippen LogP contribution in [0.15, 0.2) is 41.6 Å². The van der Waals surface area contributed by atoms with Gasteiger partial charge in [-0.2, -0.15) is 4.31 Å². The fourth-order valence-corrected chi connectivity index (χ4v) is 6.63. The van der Waals surface area contributed by atoms with E-state index in [1.165, 1.54) is 10.4 Å². The lowest BCUT2D eigenvalue weighted by atomic mass is 10.1. The average molecular weight is 532 g/mol. The maximum absolute atomic E-state index is 13.1. The standard InChI is InChI=1S/C24H30ClN7O3S/c1-17-27-16-22(32(17)19-6-13-35-14-7-19)21-5-8-26-24(29-21)28-18-3-4-23(20(25)15-18)36(33,34)31-11-9-30(2)10-12-31/h3-5,8,15-16,19H,6-7,9-14H2,1-2H3,(H,26,28,29). The van der Waals surface area contributed by atoms with Crippen LogP contribution in [0.5, 0.6) is 0 Å². The van der Waals surface area contributed by atoms with Crippen LogP contribution in [0.3, 0.4) is 0 Å². The van der Waals surface area contributed by atoms with Crippen LogP contribution >= 0.6 is 11.6 Å². The Hall–Kier alpha value is -2.57. The van der Waals surface area contributed by atoms with Crippen molar-refractivity contribution in [2.75, 3.05) is 51.8 Å². The third-order valence-corrected chi connectivity index (χ3v) is 9.11. The summed E-state index contributed by atoms with van der Waals surface area (Å²) in [6, 6.07) is 6.98. The van der Waals surface area contributed by atoms with E-state index in [-0.39, 0.29) is 9.92 Å². The lowest BCUT2D eigenvalue weighted by Gasteiger charge is -2.31. The third-order valence-electron chi connectivity index (χ3n) is 6.72. The molecule has 2 saturated heterocycles. The van der Waals surface area contributed by atoms with Gasteiger partial charge in [0.1, 0.15) is 10.7 Å². The number of piperazine rings is 1. The summed E-state index contributed by atoms with van der Waals surface area (Å²) >= 11 is 6.45. The van der Waals surface area contributed by atoms with Gasteiger partial charge in [-0.05, 0) is 51.1 Å². The first-order valence-corrected chi connectivity index (χ1v) is 13.8. The highest BCUT2D eigenvalue weighted by atomic mass is 35.5. The highest BCUT2D eigenvalue weighted by molar-refractivity contribution is 7.89. The predicted molar refractivity (Wildman–Crippen MR) is 138 cm³/mol. The number of rotatable bonds is 6. The smallest absolute Gasteiger partial charge is 0.244 e. The summed E-state index contributed by atoms with van der Waals surface area (Å²) in [4.78, 5) is 15.8. The first-order chi connectivity index (χ1) is 17.3. The van der Waals surface area contributed by atoms with Gasteiger partial charge in [0.05, 0.1) is 22.6 Å². The molecular weight excluding hydrogens is 502 g/mol. The number of sulfonamides is 1. The number of ether oxygens (including phenoxy) is 1. The van der Waals surface area contributed by atoms with E-state index in [2.05, 4.69) is 24.8 Å². The Morgan fingerprint density at radius 1 is 1.08 bits per heavy atom. The van der Waals surface area contributed by atoms with E-state index in [9.17, 15) is 8.42 Å². The van der Waals surface area contributed by atoms with Crippen LogP contribution < -0.4 is 5.32 Å². The van der Waals surface area contributed by atoms with E-state index < -0.39 is 10.0 Å². The molecule has 0 spiro atoms. The molecule has 0 atom stereocenters. The number of aromatic nitrogens is 4. The molecule has 1 aromatic carbocycles. The molecule has 12 heteroatoms. The normalized spacial score (nSPS) is 18.4. The molecule has 192 valence electrons. The van der Waals surface area contributed by atoms with Gasteiger partial charge in [0.25, 0.3) is 0 Å². The number of likely N-dealkylation sites (N-methyl/N-ethyl adjacent to an activating group) is 1. The van der Waals surface area contributed by atoms with Crippen molar-refractivity contribution in [3.63, 3.8) is 0 Å². The number of imidazole rings is 1. The second-order valence-corrected chi connectivity index (χ2v) is 11.5. The molecule has 0 amide bonds. The Labute approximate surface area is 216 Å². The monoisotopic (exact) mass is 531 g/mol.